The number of carbonyl (C=O) groups excluding carboxylic acids is 1. The van der Waals surface area contributed by atoms with Gasteiger partial charge >= 0.3 is 12.4 Å². The number of benzene rings is 1. The van der Waals surface area contributed by atoms with Crippen molar-refractivity contribution in [3.05, 3.63) is 64.7 Å². The highest BCUT2D eigenvalue weighted by molar-refractivity contribution is 5.94. The zero-order valence-electron chi connectivity index (χ0n) is 17.4. The molecule has 33 heavy (non-hydrogen) atoms. The molecule has 180 valence electrons. The topological polar surface area (TPSA) is 54.0 Å². The highest BCUT2D eigenvalue weighted by Crippen LogP contribution is 2.36. The van der Waals surface area contributed by atoms with E-state index in [1.165, 1.54) is 6.20 Å². The fourth-order valence-corrected chi connectivity index (χ4v) is 3.80. The van der Waals surface area contributed by atoms with Crippen molar-refractivity contribution in [2.75, 3.05) is 6.54 Å². The van der Waals surface area contributed by atoms with Crippen LogP contribution in [0.4, 0.5) is 30.7 Å². The van der Waals surface area contributed by atoms with Gasteiger partial charge in [-0.1, -0.05) is 6.07 Å². The Bertz CT molecular complexity index is 935. The van der Waals surface area contributed by atoms with Gasteiger partial charge in [0.1, 0.15) is 0 Å². The van der Waals surface area contributed by atoms with Crippen LogP contribution in [0.5, 0.6) is 0 Å². The monoisotopic (exact) mass is 477 g/mol. The number of nitrogens with one attached hydrogen (secondary N) is 2. The van der Waals surface area contributed by atoms with E-state index >= 15 is 0 Å². The minimum Gasteiger partial charge on any atom is -0.352 e. The lowest BCUT2D eigenvalue weighted by Gasteiger charge is -2.29. The average molecular weight is 477 g/mol. The van der Waals surface area contributed by atoms with Crippen LogP contribution in [-0.4, -0.2) is 23.5 Å². The molecule has 2 aromatic rings. The number of hydrogen-bond acceptors (Lipinski definition) is 3. The average Bonchev–Trinajstić information content (AvgIpc) is 2.76. The lowest BCUT2D eigenvalue weighted by molar-refractivity contribution is -0.143. The van der Waals surface area contributed by atoms with Crippen LogP contribution >= 0.6 is 0 Å². The van der Waals surface area contributed by atoms with E-state index in [0.29, 0.717) is 37.1 Å². The fourth-order valence-electron chi connectivity index (χ4n) is 3.80. The van der Waals surface area contributed by atoms with Crippen LogP contribution in [0.25, 0.3) is 0 Å². The Labute approximate surface area is 185 Å². The second-order valence-corrected chi connectivity index (χ2v) is 8.06. The highest BCUT2D eigenvalue weighted by atomic mass is 19.4. The lowest BCUT2D eigenvalue weighted by atomic mass is 9.86. The van der Waals surface area contributed by atoms with Gasteiger partial charge in [0.05, 0.1) is 11.1 Å². The van der Waals surface area contributed by atoms with E-state index in [0.717, 1.165) is 12.8 Å². The number of nitrogens with zero attached hydrogens (tertiary/aromatic N) is 1. The molecule has 1 aliphatic rings. The van der Waals surface area contributed by atoms with Crippen LogP contribution in [0.15, 0.2) is 36.5 Å². The summed E-state index contributed by atoms with van der Waals surface area (Å²) in [4.78, 5) is 15.9. The summed E-state index contributed by atoms with van der Waals surface area (Å²) in [5.41, 5.74) is -3.30. The first kappa shape index (κ1) is 24.9. The van der Waals surface area contributed by atoms with Crippen molar-refractivity contribution in [1.29, 1.82) is 0 Å². The number of carbonyl (C=O) groups is 1. The molecular weight excluding hydrogens is 455 g/mol. The molecule has 0 saturated heterocycles. The molecule has 1 aromatic heterocycles. The Morgan fingerprint density at radius 1 is 0.970 bits per heavy atom. The van der Waals surface area contributed by atoms with Crippen LogP contribution < -0.4 is 10.6 Å². The summed E-state index contributed by atoms with van der Waals surface area (Å²) in [7, 11) is 0. The van der Waals surface area contributed by atoms with Gasteiger partial charge in [-0.05, 0) is 55.9 Å². The number of amides is 1. The van der Waals surface area contributed by atoms with E-state index in [1.54, 1.807) is 12.1 Å². The van der Waals surface area contributed by atoms with Gasteiger partial charge in [-0.25, -0.2) is 4.98 Å². The van der Waals surface area contributed by atoms with Crippen molar-refractivity contribution in [2.24, 2.45) is 5.92 Å². The molecule has 4 nitrogen and oxygen atoms in total. The third kappa shape index (κ3) is 6.89. The van der Waals surface area contributed by atoms with E-state index < -0.39 is 40.9 Å². The first-order valence-electron chi connectivity index (χ1n) is 10.3. The van der Waals surface area contributed by atoms with Gasteiger partial charge in [-0.15, -0.1) is 0 Å². The molecule has 0 unspecified atom stereocenters. The molecule has 0 bridgehead atoms. The number of alkyl halides is 6. The smallest absolute Gasteiger partial charge is 0.352 e. The van der Waals surface area contributed by atoms with Gasteiger partial charge < -0.3 is 10.6 Å². The quantitative estimate of drug-likeness (QED) is 0.437. The molecule has 0 radical (unpaired) electrons. The normalized spacial score (nSPS) is 19.4. The van der Waals surface area contributed by atoms with Gasteiger partial charge in [0.25, 0.3) is 5.91 Å². The number of hydrogen-bond donors (Lipinski definition) is 2. The first-order chi connectivity index (χ1) is 15.4. The van der Waals surface area contributed by atoms with E-state index in [4.69, 9.17) is 0 Å². The Morgan fingerprint density at radius 3 is 2.12 bits per heavy atom. The Kier molecular flexibility index (Phi) is 7.61. The van der Waals surface area contributed by atoms with Crippen molar-refractivity contribution in [3.8, 4) is 0 Å². The Hall–Kier alpha value is -2.69. The second-order valence-electron chi connectivity index (χ2n) is 8.06. The molecule has 0 spiro atoms. The molecule has 1 amide bonds. The molecule has 0 atom stereocenters. The van der Waals surface area contributed by atoms with Crippen molar-refractivity contribution in [1.82, 2.24) is 15.6 Å². The standard InChI is InChI=1S/C22H22F7N3O/c23-19-14(2-1-7-30-19)12-31-18-5-3-13(4-6-18)11-32-20(33)15-8-16(21(24,25)26)10-17(9-15)22(27,28)29/h1-2,7-10,13,18,31H,3-6,11-12H2,(H,32,33)/t13-,18-. The summed E-state index contributed by atoms with van der Waals surface area (Å²) >= 11 is 0. The third-order valence-electron chi connectivity index (χ3n) is 5.67. The molecule has 0 aliphatic heterocycles. The molecule has 1 heterocycles. The molecule has 1 aliphatic carbocycles. The fraction of sp³-hybridized carbons (Fsp3) is 0.455. The number of aromatic nitrogens is 1. The van der Waals surface area contributed by atoms with Gasteiger partial charge in [0.15, 0.2) is 0 Å². The lowest BCUT2D eigenvalue weighted by Crippen LogP contribution is -2.37. The summed E-state index contributed by atoms with van der Waals surface area (Å²) < 4.78 is 91.4. The maximum absolute atomic E-state index is 13.6. The molecule has 11 heteroatoms. The van der Waals surface area contributed by atoms with Crippen molar-refractivity contribution in [3.63, 3.8) is 0 Å². The summed E-state index contributed by atoms with van der Waals surface area (Å²) in [6.45, 7) is 0.462. The van der Waals surface area contributed by atoms with Crippen LogP contribution in [0.2, 0.25) is 0 Å². The molecule has 1 aromatic carbocycles. The first-order valence-corrected chi connectivity index (χ1v) is 10.3. The summed E-state index contributed by atoms with van der Waals surface area (Å²) in [5, 5.41) is 5.70. The van der Waals surface area contributed by atoms with Gasteiger partial charge in [-0.2, -0.15) is 30.7 Å². The van der Waals surface area contributed by atoms with Crippen LogP contribution in [0.1, 0.15) is 52.7 Å². The van der Waals surface area contributed by atoms with Gasteiger partial charge in [0, 0.05) is 36.5 Å². The Morgan fingerprint density at radius 2 is 1.58 bits per heavy atom. The van der Waals surface area contributed by atoms with Crippen molar-refractivity contribution >= 4 is 5.91 Å². The second kappa shape index (κ2) is 10.1. The van der Waals surface area contributed by atoms with Crippen molar-refractivity contribution < 1.29 is 35.5 Å². The van der Waals surface area contributed by atoms with E-state index in [9.17, 15) is 35.5 Å². The maximum Gasteiger partial charge on any atom is 0.416 e. The van der Waals surface area contributed by atoms with Gasteiger partial charge in [-0.3, -0.25) is 4.79 Å². The summed E-state index contributed by atoms with van der Waals surface area (Å²) in [6, 6.07) is 4.24. The predicted octanol–water partition coefficient (Wildman–Crippen LogP) is 5.34. The minimum atomic E-state index is -5.01. The van der Waals surface area contributed by atoms with Crippen LogP contribution in [-0.2, 0) is 18.9 Å². The molecule has 3 rings (SSSR count). The molecule has 1 saturated carbocycles. The third-order valence-corrected chi connectivity index (χ3v) is 5.67. The highest BCUT2D eigenvalue weighted by Gasteiger charge is 2.37. The number of halogens is 7. The van der Waals surface area contributed by atoms with Crippen molar-refractivity contribution in [2.45, 2.75) is 50.6 Å². The van der Waals surface area contributed by atoms with E-state index in [1.807, 2.05) is 0 Å². The van der Waals surface area contributed by atoms with E-state index in [-0.39, 0.29) is 24.6 Å². The number of rotatable bonds is 6. The zero-order chi connectivity index (χ0) is 24.2. The molecule has 1 fully saturated rings. The Balaban J connectivity index is 1.53. The zero-order valence-corrected chi connectivity index (χ0v) is 17.4. The van der Waals surface area contributed by atoms with Gasteiger partial charge in [0.2, 0.25) is 5.95 Å². The number of pyridine rings is 1. The van der Waals surface area contributed by atoms with Crippen LogP contribution in [0, 0.1) is 11.9 Å². The summed E-state index contributed by atoms with van der Waals surface area (Å²) in [6.07, 6.45) is -5.79. The maximum atomic E-state index is 13.6. The molecular formula is C22H22F7N3O. The largest absolute Gasteiger partial charge is 0.416 e. The summed E-state index contributed by atoms with van der Waals surface area (Å²) in [5.74, 6) is -1.49. The minimum absolute atomic E-state index is 0.0115. The predicted molar refractivity (Wildman–Crippen MR) is 106 cm³/mol. The van der Waals surface area contributed by atoms with E-state index in [2.05, 4.69) is 15.6 Å². The molecule has 2 N–H and O–H groups in total. The van der Waals surface area contributed by atoms with Crippen LogP contribution in [0.3, 0.4) is 0 Å². The SMILES string of the molecule is O=C(NC[C@H]1CC[C@H](NCc2cccnc2F)CC1)c1cc(C(F)(F)F)cc(C(F)(F)F)c1.